The molecular weight excluding hydrogens is 440 g/mol. The van der Waals surface area contributed by atoms with E-state index in [1.165, 1.54) is 16.7 Å². The van der Waals surface area contributed by atoms with E-state index in [2.05, 4.69) is 39.0 Å². The van der Waals surface area contributed by atoms with Gasteiger partial charge in [0, 0.05) is 48.5 Å². The molecule has 0 spiro atoms. The first-order valence-electron chi connectivity index (χ1n) is 12.5. The number of aromatic nitrogens is 1. The van der Waals surface area contributed by atoms with Crippen molar-refractivity contribution >= 4 is 22.5 Å². The molecule has 1 amide bonds. The number of benzene rings is 2. The Morgan fingerprint density at radius 3 is 2.69 bits per heavy atom. The summed E-state index contributed by atoms with van der Waals surface area (Å²) in [6, 6.07) is 12.5. The van der Waals surface area contributed by atoms with Gasteiger partial charge < -0.3 is 24.8 Å². The number of nitrogens with two attached hydrogens (primary N) is 1. The Bertz CT molecular complexity index is 1250. The smallest absolute Gasteiger partial charge is 0.248 e. The number of ether oxygens (including phenoxy) is 1. The van der Waals surface area contributed by atoms with Gasteiger partial charge in [-0.2, -0.15) is 0 Å². The lowest BCUT2D eigenvalue weighted by molar-refractivity contribution is 0.100. The zero-order chi connectivity index (χ0) is 24.4. The van der Waals surface area contributed by atoms with Crippen molar-refractivity contribution in [3.63, 3.8) is 0 Å². The van der Waals surface area contributed by atoms with Crippen LogP contribution < -0.4 is 10.5 Å². The summed E-state index contributed by atoms with van der Waals surface area (Å²) in [5.41, 5.74) is 12.1. The number of nitrogens with zero attached hydrogens (tertiary/aromatic N) is 3. The van der Waals surface area contributed by atoms with Gasteiger partial charge in [0.2, 0.25) is 5.91 Å². The highest BCUT2D eigenvalue weighted by molar-refractivity contribution is 6.03. The highest BCUT2D eigenvalue weighted by Gasteiger charge is 2.25. The first kappa shape index (κ1) is 23.4. The van der Waals surface area contributed by atoms with Crippen LogP contribution >= 0.6 is 0 Å². The van der Waals surface area contributed by atoms with Gasteiger partial charge in [-0.1, -0.05) is 11.2 Å². The molecule has 5 rings (SSSR count). The fraction of sp³-hybridized carbons (Fsp3) is 0.429. The van der Waals surface area contributed by atoms with E-state index in [9.17, 15) is 4.79 Å². The number of hydrogen-bond acceptors (Lipinski definition) is 5. The third kappa shape index (κ3) is 4.65. The third-order valence-electron chi connectivity index (χ3n) is 7.60. The van der Waals surface area contributed by atoms with E-state index in [1.54, 1.807) is 20.3 Å². The molecular formula is C28H34N4O3. The second-order valence-corrected chi connectivity index (χ2v) is 9.53. The van der Waals surface area contributed by atoms with Gasteiger partial charge in [-0.05, 0) is 85.4 Å². The van der Waals surface area contributed by atoms with Crippen molar-refractivity contribution in [1.82, 2.24) is 9.47 Å². The van der Waals surface area contributed by atoms with Crippen molar-refractivity contribution in [2.45, 2.75) is 44.6 Å². The zero-order valence-electron chi connectivity index (χ0n) is 20.6. The summed E-state index contributed by atoms with van der Waals surface area (Å²) < 4.78 is 8.08. The summed E-state index contributed by atoms with van der Waals surface area (Å²) in [4.78, 5) is 19.3. The summed E-state index contributed by atoms with van der Waals surface area (Å²) in [5, 5.41) is 5.43. The topological polar surface area (TPSA) is 82.1 Å². The number of piperidine rings is 1. The first-order chi connectivity index (χ1) is 17.1. The molecule has 1 aromatic heterocycles. The quantitative estimate of drug-likeness (QED) is 0.517. The second kappa shape index (κ2) is 10.1. The Kier molecular flexibility index (Phi) is 6.77. The van der Waals surface area contributed by atoms with Gasteiger partial charge in [0.05, 0.1) is 12.8 Å². The van der Waals surface area contributed by atoms with Crippen molar-refractivity contribution in [3.05, 3.63) is 64.8 Å². The fourth-order valence-electron chi connectivity index (χ4n) is 5.78. The van der Waals surface area contributed by atoms with E-state index in [0.717, 1.165) is 80.5 Å². The largest absolute Gasteiger partial charge is 0.496 e. The number of carbonyl (C=O) groups is 1. The monoisotopic (exact) mass is 474 g/mol. The zero-order valence-corrected chi connectivity index (χ0v) is 20.6. The maximum absolute atomic E-state index is 11.7. The van der Waals surface area contributed by atoms with Gasteiger partial charge >= 0.3 is 0 Å². The van der Waals surface area contributed by atoms with Crippen molar-refractivity contribution in [2.24, 2.45) is 10.9 Å². The summed E-state index contributed by atoms with van der Waals surface area (Å²) in [5.74, 6) is 0.593. The summed E-state index contributed by atoms with van der Waals surface area (Å²) in [6.45, 7) is 3.11. The molecule has 0 bridgehead atoms. The predicted octanol–water partition coefficient (Wildman–Crippen LogP) is 4.32. The lowest BCUT2D eigenvalue weighted by Crippen LogP contribution is -2.36. The first-order valence-corrected chi connectivity index (χ1v) is 12.5. The molecule has 2 N–H and O–H groups in total. The van der Waals surface area contributed by atoms with Crippen LogP contribution in [0.2, 0.25) is 0 Å². The number of rotatable bonds is 7. The minimum atomic E-state index is -0.381. The molecule has 0 radical (unpaired) electrons. The molecule has 2 aromatic carbocycles. The van der Waals surface area contributed by atoms with Crippen LogP contribution in [0, 0.1) is 0 Å². The second-order valence-electron chi connectivity index (χ2n) is 9.53. The molecule has 0 unspecified atom stereocenters. The van der Waals surface area contributed by atoms with E-state index in [1.807, 2.05) is 12.1 Å². The summed E-state index contributed by atoms with van der Waals surface area (Å²) in [6.07, 6.45) is 8.37. The van der Waals surface area contributed by atoms with Crippen molar-refractivity contribution < 1.29 is 14.4 Å². The van der Waals surface area contributed by atoms with E-state index in [-0.39, 0.29) is 5.91 Å². The summed E-state index contributed by atoms with van der Waals surface area (Å²) >= 11 is 0. The SMILES string of the molecule is CON=C1CCCc2c1ccc(OC)c2CCN1CCC(n2ccc3ccc(C(N)=O)cc32)CC1. The lowest BCUT2D eigenvalue weighted by Gasteiger charge is -2.33. The molecule has 1 aliphatic carbocycles. The number of hydrogen-bond donors (Lipinski definition) is 1. The molecule has 1 saturated heterocycles. The minimum absolute atomic E-state index is 0.381. The summed E-state index contributed by atoms with van der Waals surface area (Å²) in [7, 11) is 3.37. The maximum atomic E-state index is 11.7. The molecule has 2 heterocycles. The number of fused-ring (bicyclic) bond motifs is 2. The number of primary amides is 1. The van der Waals surface area contributed by atoms with Crippen LogP contribution in [0.5, 0.6) is 5.75 Å². The van der Waals surface area contributed by atoms with E-state index in [0.29, 0.717) is 11.6 Å². The third-order valence-corrected chi connectivity index (χ3v) is 7.60. The highest BCUT2D eigenvalue weighted by atomic mass is 16.6. The molecule has 2 aliphatic rings. The highest BCUT2D eigenvalue weighted by Crippen LogP contribution is 2.33. The van der Waals surface area contributed by atoms with Gasteiger partial charge in [0.1, 0.15) is 12.9 Å². The molecule has 3 aromatic rings. The van der Waals surface area contributed by atoms with Gasteiger partial charge in [0.25, 0.3) is 0 Å². The Morgan fingerprint density at radius 1 is 1.11 bits per heavy atom. The van der Waals surface area contributed by atoms with Gasteiger partial charge in [-0.25, -0.2) is 0 Å². The molecule has 1 fully saturated rings. The molecule has 0 saturated carbocycles. The Morgan fingerprint density at radius 2 is 1.94 bits per heavy atom. The van der Waals surface area contributed by atoms with Crippen molar-refractivity contribution in [1.29, 1.82) is 0 Å². The van der Waals surface area contributed by atoms with Crippen LogP contribution in [0.3, 0.4) is 0 Å². The lowest BCUT2D eigenvalue weighted by atomic mass is 9.85. The molecule has 1 aliphatic heterocycles. The van der Waals surface area contributed by atoms with Crippen LogP contribution in [-0.2, 0) is 17.7 Å². The average molecular weight is 475 g/mol. The fourth-order valence-corrected chi connectivity index (χ4v) is 5.78. The van der Waals surface area contributed by atoms with Crippen LogP contribution in [0.4, 0.5) is 0 Å². The number of carbonyl (C=O) groups excluding carboxylic acids is 1. The molecule has 35 heavy (non-hydrogen) atoms. The Labute approximate surface area is 206 Å². The number of oxime groups is 1. The molecule has 7 nitrogen and oxygen atoms in total. The predicted molar refractivity (Wildman–Crippen MR) is 138 cm³/mol. The van der Waals surface area contributed by atoms with Crippen LogP contribution in [-0.4, -0.2) is 54.9 Å². The molecule has 184 valence electrons. The average Bonchev–Trinajstić information content (AvgIpc) is 3.31. The minimum Gasteiger partial charge on any atom is -0.496 e. The van der Waals surface area contributed by atoms with E-state index >= 15 is 0 Å². The van der Waals surface area contributed by atoms with Crippen LogP contribution in [0.25, 0.3) is 10.9 Å². The standard InChI is InChI=1S/C28H34N4O3/c1-34-27-9-8-23-22(4-3-5-25(23)30-35-2)24(27)13-16-31-14-11-21(12-15-31)32-17-10-19-6-7-20(28(29)33)18-26(19)32/h6-10,17-18,21H,3-5,11-16H2,1-2H3,(H2,29,33). The van der Waals surface area contributed by atoms with Gasteiger partial charge in [-0.15, -0.1) is 0 Å². The molecule has 0 atom stereocenters. The van der Waals surface area contributed by atoms with Crippen molar-refractivity contribution in [2.75, 3.05) is 33.9 Å². The normalized spacial score (nSPS) is 18.1. The van der Waals surface area contributed by atoms with Gasteiger partial charge in [-0.3, -0.25) is 4.79 Å². The van der Waals surface area contributed by atoms with Crippen molar-refractivity contribution in [3.8, 4) is 5.75 Å². The molecule has 7 heteroatoms. The van der Waals surface area contributed by atoms with Gasteiger partial charge in [0.15, 0.2) is 0 Å². The number of likely N-dealkylation sites (tertiary alicyclic amines) is 1. The number of amides is 1. The number of methoxy groups -OCH3 is 1. The van der Waals surface area contributed by atoms with E-state index < -0.39 is 0 Å². The van der Waals surface area contributed by atoms with Crippen LogP contribution in [0.15, 0.2) is 47.8 Å². The maximum Gasteiger partial charge on any atom is 0.248 e. The van der Waals surface area contributed by atoms with Crippen LogP contribution in [0.1, 0.15) is 58.8 Å². The Hall–Kier alpha value is -3.32. The Balaban J connectivity index is 1.27. The van der Waals surface area contributed by atoms with E-state index in [4.69, 9.17) is 15.3 Å².